The summed E-state index contributed by atoms with van der Waals surface area (Å²) in [7, 11) is 1.42. The molecule has 1 amide bonds. The summed E-state index contributed by atoms with van der Waals surface area (Å²) in [5.74, 6) is 0.147. The van der Waals surface area contributed by atoms with Gasteiger partial charge in [0.05, 0.1) is 12.7 Å². The van der Waals surface area contributed by atoms with Gasteiger partial charge in [0.1, 0.15) is 5.76 Å². The topological polar surface area (TPSA) is 90.7 Å². The zero-order valence-corrected chi connectivity index (χ0v) is 11.8. The van der Waals surface area contributed by atoms with Crippen LogP contribution >= 0.6 is 0 Å². The monoisotopic (exact) mass is 290 g/mol. The molecule has 7 nitrogen and oxygen atoms in total. The van der Waals surface area contributed by atoms with E-state index in [2.05, 4.69) is 10.5 Å². The van der Waals surface area contributed by atoms with Gasteiger partial charge < -0.3 is 19.3 Å². The number of methoxy groups -OCH3 is 1. The molecule has 0 aliphatic rings. The maximum Gasteiger partial charge on any atom is 0.308 e. The Bertz CT molecular complexity index is 678. The van der Waals surface area contributed by atoms with Crippen molar-refractivity contribution in [2.45, 2.75) is 13.8 Å². The number of carbonyl (C=O) groups excluding carboxylic acids is 2. The molecule has 2 rings (SSSR count). The normalized spacial score (nSPS) is 10.0. The van der Waals surface area contributed by atoms with Gasteiger partial charge >= 0.3 is 5.97 Å². The van der Waals surface area contributed by atoms with Crippen molar-refractivity contribution in [3.63, 3.8) is 0 Å². The molecular formula is C14H14N2O5. The lowest BCUT2D eigenvalue weighted by Gasteiger charge is -2.12. The maximum absolute atomic E-state index is 12.3. The quantitative estimate of drug-likeness (QED) is 0.685. The van der Waals surface area contributed by atoms with Crippen LogP contribution in [0.15, 0.2) is 28.8 Å². The lowest BCUT2D eigenvalue weighted by molar-refractivity contribution is -0.132. The molecule has 110 valence electrons. The van der Waals surface area contributed by atoms with Crippen LogP contribution in [0.25, 0.3) is 0 Å². The molecule has 0 spiro atoms. The molecule has 7 heteroatoms. The van der Waals surface area contributed by atoms with E-state index in [1.807, 2.05) is 0 Å². The number of carbonyl (C=O) groups is 2. The average Bonchev–Trinajstić information content (AvgIpc) is 2.83. The summed E-state index contributed by atoms with van der Waals surface area (Å²) < 4.78 is 15.0. The Morgan fingerprint density at radius 2 is 2.10 bits per heavy atom. The van der Waals surface area contributed by atoms with Gasteiger partial charge in [-0.05, 0) is 19.1 Å². The van der Waals surface area contributed by atoms with E-state index in [0.717, 1.165) is 0 Å². The Balaban J connectivity index is 2.33. The number of aryl methyl sites for hydroxylation is 1. The number of nitrogens with zero attached hydrogens (tertiary/aromatic N) is 1. The Morgan fingerprint density at radius 3 is 2.67 bits per heavy atom. The first-order valence-corrected chi connectivity index (χ1v) is 6.11. The van der Waals surface area contributed by atoms with E-state index in [4.69, 9.17) is 14.0 Å². The predicted molar refractivity (Wildman–Crippen MR) is 73.5 cm³/mol. The molecule has 0 unspecified atom stereocenters. The second-order valence-corrected chi connectivity index (χ2v) is 4.21. The zero-order valence-electron chi connectivity index (χ0n) is 11.8. The fourth-order valence-electron chi connectivity index (χ4n) is 1.71. The number of esters is 1. The average molecular weight is 290 g/mol. The first-order valence-electron chi connectivity index (χ1n) is 6.11. The fourth-order valence-corrected chi connectivity index (χ4v) is 1.71. The van der Waals surface area contributed by atoms with Gasteiger partial charge in [0.2, 0.25) is 0 Å². The van der Waals surface area contributed by atoms with Crippen molar-refractivity contribution >= 4 is 17.7 Å². The van der Waals surface area contributed by atoms with E-state index in [9.17, 15) is 9.59 Å². The second-order valence-electron chi connectivity index (χ2n) is 4.21. The molecule has 0 aliphatic carbocycles. The van der Waals surface area contributed by atoms with Gasteiger partial charge in [-0.3, -0.25) is 9.59 Å². The van der Waals surface area contributed by atoms with E-state index in [-0.39, 0.29) is 22.9 Å². The molecule has 0 saturated carbocycles. The Hall–Kier alpha value is -2.83. The highest BCUT2D eigenvalue weighted by Crippen LogP contribution is 2.31. The van der Waals surface area contributed by atoms with E-state index in [1.54, 1.807) is 25.1 Å². The predicted octanol–water partition coefficient (Wildman–Crippen LogP) is 2.17. The summed E-state index contributed by atoms with van der Waals surface area (Å²) in [6, 6.07) is 6.30. The standard InChI is InChI=1S/C14H14N2O5/c1-8-7-12(16-21-8)15-14(18)10-5-4-6-11(19-3)13(10)20-9(2)17/h4-7H,1-3H3,(H,15,16,18). The first-order chi connectivity index (χ1) is 10.0. The largest absolute Gasteiger partial charge is 0.493 e. The molecule has 0 bridgehead atoms. The van der Waals surface area contributed by atoms with Crippen molar-refractivity contribution in [3.8, 4) is 11.5 Å². The Morgan fingerprint density at radius 1 is 1.33 bits per heavy atom. The number of nitrogens with one attached hydrogen (secondary N) is 1. The summed E-state index contributed by atoms with van der Waals surface area (Å²) in [6.45, 7) is 2.95. The first kappa shape index (κ1) is 14.6. The van der Waals surface area contributed by atoms with Crippen LogP contribution in [0.2, 0.25) is 0 Å². The molecule has 2 aromatic rings. The number of para-hydroxylation sites is 1. The van der Waals surface area contributed by atoms with Crippen LogP contribution in [0.1, 0.15) is 23.0 Å². The highest BCUT2D eigenvalue weighted by Gasteiger charge is 2.19. The van der Waals surface area contributed by atoms with Gasteiger partial charge in [-0.1, -0.05) is 11.2 Å². The minimum atomic E-state index is -0.550. The second kappa shape index (κ2) is 6.08. The Labute approximate surface area is 120 Å². The van der Waals surface area contributed by atoms with Crippen molar-refractivity contribution in [2.75, 3.05) is 12.4 Å². The van der Waals surface area contributed by atoms with E-state index >= 15 is 0 Å². The molecule has 0 aliphatic heterocycles. The smallest absolute Gasteiger partial charge is 0.308 e. The zero-order chi connectivity index (χ0) is 15.4. The van der Waals surface area contributed by atoms with Gasteiger partial charge in [-0.2, -0.15) is 0 Å². The molecule has 1 aromatic heterocycles. The number of hydrogen-bond donors (Lipinski definition) is 1. The third kappa shape index (κ3) is 3.38. The highest BCUT2D eigenvalue weighted by molar-refractivity contribution is 6.06. The van der Waals surface area contributed by atoms with E-state index in [0.29, 0.717) is 5.76 Å². The number of ether oxygens (including phenoxy) is 2. The third-order valence-electron chi connectivity index (χ3n) is 2.56. The summed E-state index contributed by atoms with van der Waals surface area (Å²) in [6.07, 6.45) is 0. The van der Waals surface area contributed by atoms with Crippen molar-refractivity contribution in [1.29, 1.82) is 0 Å². The summed E-state index contributed by atoms with van der Waals surface area (Å²) in [5.41, 5.74) is 0.158. The highest BCUT2D eigenvalue weighted by atomic mass is 16.6. The van der Waals surface area contributed by atoms with Gasteiger partial charge in [0.25, 0.3) is 5.91 Å². The molecule has 0 saturated heterocycles. The summed E-state index contributed by atoms with van der Waals surface area (Å²) >= 11 is 0. The van der Waals surface area contributed by atoms with Crippen LogP contribution in [0.4, 0.5) is 5.82 Å². The minimum absolute atomic E-state index is 0.0604. The van der Waals surface area contributed by atoms with Gasteiger partial charge in [-0.25, -0.2) is 0 Å². The molecule has 1 N–H and O–H groups in total. The van der Waals surface area contributed by atoms with Crippen LogP contribution in [-0.4, -0.2) is 24.1 Å². The number of hydrogen-bond acceptors (Lipinski definition) is 6. The molecule has 21 heavy (non-hydrogen) atoms. The number of benzene rings is 1. The van der Waals surface area contributed by atoms with E-state index in [1.165, 1.54) is 20.1 Å². The summed E-state index contributed by atoms with van der Waals surface area (Å²) in [4.78, 5) is 23.4. The van der Waals surface area contributed by atoms with Gasteiger partial charge in [0.15, 0.2) is 17.3 Å². The van der Waals surface area contributed by atoms with Crippen molar-refractivity contribution in [3.05, 3.63) is 35.6 Å². The van der Waals surface area contributed by atoms with Gasteiger partial charge in [0, 0.05) is 13.0 Å². The molecule has 0 atom stereocenters. The van der Waals surface area contributed by atoms with Crippen LogP contribution < -0.4 is 14.8 Å². The number of anilines is 1. The molecule has 1 heterocycles. The van der Waals surface area contributed by atoms with Crippen LogP contribution in [0, 0.1) is 6.92 Å². The third-order valence-corrected chi connectivity index (χ3v) is 2.56. The van der Waals surface area contributed by atoms with Crippen LogP contribution in [0.3, 0.4) is 0 Å². The maximum atomic E-state index is 12.3. The fraction of sp³-hybridized carbons (Fsp3) is 0.214. The van der Waals surface area contributed by atoms with Crippen molar-refractivity contribution in [1.82, 2.24) is 5.16 Å². The van der Waals surface area contributed by atoms with Crippen LogP contribution in [0.5, 0.6) is 11.5 Å². The molecular weight excluding hydrogens is 276 g/mol. The lowest BCUT2D eigenvalue weighted by atomic mass is 10.1. The van der Waals surface area contributed by atoms with Gasteiger partial charge in [-0.15, -0.1) is 0 Å². The summed E-state index contributed by atoms with van der Waals surface area (Å²) in [5, 5.41) is 6.22. The van der Waals surface area contributed by atoms with Crippen molar-refractivity contribution in [2.24, 2.45) is 0 Å². The molecule has 0 radical (unpaired) electrons. The minimum Gasteiger partial charge on any atom is -0.493 e. The molecule has 0 fully saturated rings. The van der Waals surface area contributed by atoms with E-state index < -0.39 is 11.9 Å². The number of rotatable bonds is 4. The van der Waals surface area contributed by atoms with Crippen LogP contribution in [-0.2, 0) is 4.79 Å². The Kier molecular flexibility index (Phi) is 4.22. The number of aromatic nitrogens is 1. The number of amides is 1. The lowest BCUT2D eigenvalue weighted by Crippen LogP contribution is -2.15. The van der Waals surface area contributed by atoms with Crippen molar-refractivity contribution < 1.29 is 23.6 Å². The molecule has 1 aromatic carbocycles. The SMILES string of the molecule is COc1cccc(C(=O)Nc2cc(C)on2)c1OC(C)=O.